The van der Waals surface area contributed by atoms with Gasteiger partial charge in [-0.25, -0.2) is 4.79 Å². The predicted octanol–water partition coefficient (Wildman–Crippen LogP) is 1.26. The van der Waals surface area contributed by atoms with Crippen LogP contribution in [0.4, 0.5) is 13.2 Å². The van der Waals surface area contributed by atoms with E-state index >= 15 is 0 Å². The summed E-state index contributed by atoms with van der Waals surface area (Å²) in [6.07, 6.45) is -4.45. The van der Waals surface area contributed by atoms with Crippen molar-refractivity contribution in [2.45, 2.75) is 25.1 Å². The molecule has 0 aliphatic heterocycles. The summed E-state index contributed by atoms with van der Waals surface area (Å²) in [5.41, 5.74) is 0. The van der Waals surface area contributed by atoms with Gasteiger partial charge in [-0.05, 0) is 18.4 Å². The molecule has 2 N–H and O–H groups in total. The van der Waals surface area contributed by atoms with E-state index in [0.717, 1.165) is 0 Å². The lowest BCUT2D eigenvalue weighted by Crippen LogP contribution is -2.42. The number of halogens is 3. The molecule has 0 aliphatic carbocycles. The topological polar surface area (TPSA) is 66.4 Å². The van der Waals surface area contributed by atoms with Crippen molar-refractivity contribution in [2.24, 2.45) is 0 Å². The molecule has 0 unspecified atom stereocenters. The van der Waals surface area contributed by atoms with Crippen LogP contribution in [0.1, 0.15) is 12.8 Å². The number of hydrogen-bond donors (Lipinski definition) is 2. The molecule has 0 aromatic heterocycles. The molecular weight excluding hydrogens is 247 g/mol. The summed E-state index contributed by atoms with van der Waals surface area (Å²) in [6.45, 7) is 0. The second-order valence-corrected chi connectivity index (χ2v) is 4.02. The molecule has 8 heteroatoms. The van der Waals surface area contributed by atoms with Gasteiger partial charge < -0.3 is 10.4 Å². The third-order valence-corrected chi connectivity index (χ3v) is 2.25. The van der Waals surface area contributed by atoms with Gasteiger partial charge in [-0.3, -0.25) is 4.79 Å². The third kappa shape index (κ3) is 7.38. The number of rotatable bonds is 6. The van der Waals surface area contributed by atoms with E-state index in [9.17, 15) is 22.8 Å². The lowest BCUT2D eigenvalue weighted by Gasteiger charge is -2.14. The first-order chi connectivity index (χ1) is 7.26. The van der Waals surface area contributed by atoms with Crippen LogP contribution in [0.2, 0.25) is 0 Å². The molecule has 94 valence electrons. The number of carbonyl (C=O) groups excluding carboxylic acids is 1. The average Bonchev–Trinajstić information content (AvgIpc) is 2.08. The van der Waals surface area contributed by atoms with Crippen molar-refractivity contribution in [3.05, 3.63) is 0 Å². The van der Waals surface area contributed by atoms with Gasteiger partial charge in [0.05, 0.1) is 0 Å². The Kier molecular flexibility index (Phi) is 6.24. The van der Waals surface area contributed by atoms with Crippen LogP contribution >= 0.6 is 11.8 Å². The zero-order chi connectivity index (χ0) is 12.8. The van der Waals surface area contributed by atoms with Crippen molar-refractivity contribution >= 4 is 23.6 Å². The number of carboxylic acids is 1. The largest absolute Gasteiger partial charge is 0.480 e. The molecule has 1 amide bonds. The summed E-state index contributed by atoms with van der Waals surface area (Å²) < 4.78 is 35.4. The van der Waals surface area contributed by atoms with Crippen LogP contribution in [-0.4, -0.2) is 41.2 Å². The van der Waals surface area contributed by atoms with Crippen LogP contribution < -0.4 is 5.32 Å². The third-order valence-electron chi connectivity index (χ3n) is 1.60. The highest BCUT2D eigenvalue weighted by atomic mass is 32.2. The number of amides is 1. The van der Waals surface area contributed by atoms with Crippen LogP contribution in [0.25, 0.3) is 0 Å². The Morgan fingerprint density at radius 2 is 2.00 bits per heavy atom. The molecule has 0 aromatic carbocycles. The van der Waals surface area contributed by atoms with E-state index in [1.165, 1.54) is 11.8 Å². The Balaban J connectivity index is 4.19. The maximum absolute atomic E-state index is 11.8. The SMILES string of the molecule is CSCC[C@H](NC(=O)CC(F)(F)F)C(=O)O. The maximum atomic E-state index is 11.8. The summed E-state index contributed by atoms with van der Waals surface area (Å²) in [5.74, 6) is -2.20. The van der Waals surface area contributed by atoms with Crippen LogP contribution in [0.3, 0.4) is 0 Å². The molecule has 0 saturated heterocycles. The summed E-state index contributed by atoms with van der Waals surface area (Å²) in [6, 6.07) is -1.26. The second-order valence-electron chi connectivity index (χ2n) is 3.03. The fourth-order valence-electron chi connectivity index (χ4n) is 0.920. The Morgan fingerprint density at radius 1 is 1.44 bits per heavy atom. The Morgan fingerprint density at radius 3 is 2.38 bits per heavy atom. The van der Waals surface area contributed by atoms with Gasteiger partial charge in [0.1, 0.15) is 12.5 Å². The van der Waals surface area contributed by atoms with E-state index in [2.05, 4.69) is 0 Å². The standard InChI is InChI=1S/C8H12F3NO3S/c1-16-3-2-5(7(14)15)12-6(13)4-8(9,10)11/h5H,2-4H2,1H3,(H,12,13)(H,14,15)/t5-/m0/s1. The van der Waals surface area contributed by atoms with Crippen molar-refractivity contribution in [1.82, 2.24) is 5.32 Å². The first-order valence-corrected chi connectivity index (χ1v) is 5.73. The minimum absolute atomic E-state index is 0.0973. The highest BCUT2D eigenvalue weighted by molar-refractivity contribution is 7.98. The minimum Gasteiger partial charge on any atom is -0.480 e. The summed E-state index contributed by atoms with van der Waals surface area (Å²) in [7, 11) is 0. The van der Waals surface area contributed by atoms with Crippen LogP contribution in [0.15, 0.2) is 0 Å². The quantitative estimate of drug-likeness (QED) is 0.753. The normalized spacial score (nSPS) is 13.2. The van der Waals surface area contributed by atoms with Crippen LogP contribution in [-0.2, 0) is 9.59 Å². The minimum atomic E-state index is -4.62. The zero-order valence-electron chi connectivity index (χ0n) is 8.50. The molecular formula is C8H12F3NO3S. The highest BCUT2D eigenvalue weighted by Crippen LogP contribution is 2.19. The second kappa shape index (κ2) is 6.62. The number of hydrogen-bond acceptors (Lipinski definition) is 3. The molecule has 0 fully saturated rings. The number of alkyl halides is 3. The summed E-state index contributed by atoms with van der Waals surface area (Å²) >= 11 is 1.35. The van der Waals surface area contributed by atoms with Crippen molar-refractivity contribution in [2.75, 3.05) is 12.0 Å². The number of thioether (sulfide) groups is 1. The Bertz CT molecular complexity index is 257. The average molecular weight is 259 g/mol. The monoisotopic (exact) mass is 259 g/mol. The van der Waals surface area contributed by atoms with Crippen molar-refractivity contribution in [3.63, 3.8) is 0 Å². The number of nitrogens with one attached hydrogen (secondary N) is 1. The number of carbonyl (C=O) groups is 2. The van der Waals surface area contributed by atoms with Gasteiger partial charge in [-0.1, -0.05) is 0 Å². The van der Waals surface area contributed by atoms with Gasteiger partial charge in [-0.15, -0.1) is 0 Å². The molecule has 0 saturated carbocycles. The Hall–Kier alpha value is -0.920. The molecule has 0 spiro atoms. The van der Waals surface area contributed by atoms with Gasteiger partial charge in [0.15, 0.2) is 0 Å². The molecule has 0 radical (unpaired) electrons. The van der Waals surface area contributed by atoms with Crippen LogP contribution in [0, 0.1) is 0 Å². The zero-order valence-corrected chi connectivity index (χ0v) is 9.32. The van der Waals surface area contributed by atoms with Gasteiger partial charge in [0, 0.05) is 0 Å². The van der Waals surface area contributed by atoms with Gasteiger partial charge in [0.25, 0.3) is 0 Å². The van der Waals surface area contributed by atoms with E-state index in [0.29, 0.717) is 5.75 Å². The van der Waals surface area contributed by atoms with E-state index in [1.807, 2.05) is 5.32 Å². The number of aliphatic carboxylic acids is 1. The molecule has 0 rings (SSSR count). The smallest absolute Gasteiger partial charge is 0.397 e. The molecule has 0 aliphatic rings. The highest BCUT2D eigenvalue weighted by Gasteiger charge is 2.32. The van der Waals surface area contributed by atoms with Gasteiger partial charge in [-0.2, -0.15) is 24.9 Å². The van der Waals surface area contributed by atoms with Crippen molar-refractivity contribution in [3.8, 4) is 0 Å². The van der Waals surface area contributed by atoms with E-state index in [-0.39, 0.29) is 6.42 Å². The van der Waals surface area contributed by atoms with Crippen molar-refractivity contribution < 1.29 is 27.9 Å². The summed E-state index contributed by atoms with van der Waals surface area (Å²) in [5, 5.41) is 10.5. The molecule has 0 aromatic rings. The van der Waals surface area contributed by atoms with E-state index in [1.54, 1.807) is 6.26 Å². The van der Waals surface area contributed by atoms with Gasteiger partial charge >= 0.3 is 12.1 Å². The van der Waals surface area contributed by atoms with Gasteiger partial charge in [0.2, 0.25) is 5.91 Å². The van der Waals surface area contributed by atoms with Crippen molar-refractivity contribution in [1.29, 1.82) is 0 Å². The Labute approximate surface area is 94.6 Å². The fraction of sp³-hybridized carbons (Fsp3) is 0.750. The molecule has 0 bridgehead atoms. The molecule has 0 heterocycles. The first kappa shape index (κ1) is 15.1. The predicted molar refractivity (Wildman–Crippen MR) is 53.2 cm³/mol. The van der Waals surface area contributed by atoms with Crippen LogP contribution in [0.5, 0.6) is 0 Å². The maximum Gasteiger partial charge on any atom is 0.397 e. The molecule has 16 heavy (non-hydrogen) atoms. The summed E-state index contributed by atoms with van der Waals surface area (Å²) in [4.78, 5) is 21.4. The van der Waals surface area contributed by atoms with E-state index in [4.69, 9.17) is 5.11 Å². The number of carboxylic acid groups (broad SMARTS) is 1. The van der Waals surface area contributed by atoms with E-state index < -0.39 is 30.5 Å². The molecule has 1 atom stereocenters. The molecule has 4 nitrogen and oxygen atoms in total. The fourth-order valence-corrected chi connectivity index (χ4v) is 1.39. The first-order valence-electron chi connectivity index (χ1n) is 4.34. The lowest BCUT2D eigenvalue weighted by molar-refractivity contribution is -0.156. The lowest BCUT2D eigenvalue weighted by atomic mass is 10.2.